The van der Waals surface area contributed by atoms with Gasteiger partial charge in [0.2, 0.25) is 18.9 Å². The molecule has 4 aliphatic heterocycles. The van der Waals surface area contributed by atoms with Crippen LogP contribution in [0, 0.1) is 11.8 Å². The molecule has 0 amide bonds. The van der Waals surface area contributed by atoms with Crippen molar-refractivity contribution in [3.63, 3.8) is 0 Å². The molecule has 13 atom stereocenters. The highest BCUT2D eigenvalue weighted by molar-refractivity contribution is 6.00. The number of carbonyl (C=O) groups excluding carboxylic acids is 2. The third-order valence-corrected chi connectivity index (χ3v) is 9.57. The fraction of sp³-hybridized carbons (Fsp3) is 0.486. The van der Waals surface area contributed by atoms with Gasteiger partial charge in [0.05, 0.1) is 31.7 Å². The number of benzene rings is 2. The van der Waals surface area contributed by atoms with Gasteiger partial charge in [0.1, 0.15) is 65.5 Å². The number of hydrogen-bond donors (Lipinski definition) is 9. The van der Waals surface area contributed by atoms with Gasteiger partial charge >= 0.3 is 11.9 Å². The lowest BCUT2D eigenvalue weighted by atomic mass is 9.81. The number of phenols is 2. The number of aliphatic hydroxyl groups is 7. The largest absolute Gasteiger partial charge is 0.508 e. The van der Waals surface area contributed by atoms with E-state index in [2.05, 4.69) is 6.58 Å². The van der Waals surface area contributed by atoms with Crippen LogP contribution in [0.1, 0.15) is 16.8 Å². The molecule has 18 heteroatoms. The number of carbonyl (C=O) groups is 2. The van der Waals surface area contributed by atoms with E-state index in [1.54, 1.807) is 0 Å². The number of aliphatic hydroxyl groups excluding tert-OH is 7. The monoisotopic (exact) mass is 748 g/mol. The van der Waals surface area contributed by atoms with E-state index in [0.29, 0.717) is 6.42 Å². The van der Waals surface area contributed by atoms with E-state index in [1.165, 1.54) is 42.7 Å². The minimum Gasteiger partial charge on any atom is -0.508 e. The third-order valence-electron chi connectivity index (χ3n) is 9.57. The Balaban J connectivity index is 1.32. The maximum atomic E-state index is 14.0. The van der Waals surface area contributed by atoms with E-state index >= 15 is 0 Å². The Kier molecular flexibility index (Phi) is 11.6. The van der Waals surface area contributed by atoms with Crippen molar-refractivity contribution in [2.24, 2.45) is 11.8 Å². The summed E-state index contributed by atoms with van der Waals surface area (Å²) < 4.78 is 39.3. The summed E-state index contributed by atoms with van der Waals surface area (Å²) in [5.41, 5.74) is -0.260. The number of aromatic hydroxyl groups is 2. The van der Waals surface area contributed by atoms with Crippen LogP contribution in [-0.4, -0.2) is 145 Å². The van der Waals surface area contributed by atoms with Gasteiger partial charge in [-0.05, 0) is 30.2 Å². The molecule has 0 aromatic heterocycles. The van der Waals surface area contributed by atoms with Gasteiger partial charge in [0, 0.05) is 23.5 Å². The molecule has 0 spiro atoms. The SMILES string of the molecule is C=C[C@H]1[C@H](O[C@@H]2O[C@H](CO)[C@@H](O)[C@H](O)[C@H]2OC(=O)c2c(O)cc(O[C@@H]3O[C@H](CO)[C@@H](O)[C@H](O)[C@H]3O)cc2-c2cccc(O)c2)OC=C2C(=O)OCC[C@H]21. The van der Waals surface area contributed by atoms with Crippen LogP contribution in [0.3, 0.4) is 0 Å². The first kappa shape index (κ1) is 38.4. The minimum absolute atomic E-state index is 0.118. The summed E-state index contributed by atoms with van der Waals surface area (Å²) in [6.07, 6.45) is -15.0. The van der Waals surface area contributed by atoms with Crippen molar-refractivity contribution in [3.05, 3.63) is 66.5 Å². The normalized spacial score (nSPS) is 35.6. The van der Waals surface area contributed by atoms with Gasteiger partial charge in [-0.2, -0.15) is 0 Å². The second-order valence-corrected chi connectivity index (χ2v) is 12.9. The van der Waals surface area contributed by atoms with E-state index in [9.17, 15) is 55.5 Å². The summed E-state index contributed by atoms with van der Waals surface area (Å²) in [6.45, 7) is 2.44. The van der Waals surface area contributed by atoms with Crippen molar-refractivity contribution in [3.8, 4) is 28.4 Å². The summed E-state index contributed by atoms with van der Waals surface area (Å²) in [7, 11) is 0. The van der Waals surface area contributed by atoms with E-state index in [-0.39, 0.29) is 34.8 Å². The summed E-state index contributed by atoms with van der Waals surface area (Å²) in [4.78, 5) is 26.3. The number of phenolic OH excluding ortho intramolecular Hbond substituents is 2. The standard InChI is InChI=1S/C35H40O18/c1-2-17-18-6-7-47-31(45)20(18)13-48-33(17)53-35-30(28(43)26(41)23(12-37)51-35)52-32(46)24-19(14-4-3-5-15(38)8-14)9-16(10-21(24)39)49-34-29(44)27(42)25(40)22(11-36)50-34/h2-5,8-10,13,17-18,22-23,25-30,33-44H,1,6-7,11-12H2/t17-,18+,22-,23-,25-,26-,27+,28+,29-,30-,33+,34-,35+/m1/s1. The highest BCUT2D eigenvalue weighted by Gasteiger charge is 2.51. The molecule has 288 valence electrons. The number of ether oxygens (including phenoxy) is 7. The molecular weight excluding hydrogens is 708 g/mol. The number of hydrogen-bond acceptors (Lipinski definition) is 18. The lowest BCUT2D eigenvalue weighted by Crippen LogP contribution is -2.61. The molecule has 0 bridgehead atoms. The van der Waals surface area contributed by atoms with Crippen molar-refractivity contribution in [2.75, 3.05) is 19.8 Å². The van der Waals surface area contributed by atoms with Gasteiger partial charge in [-0.3, -0.25) is 0 Å². The van der Waals surface area contributed by atoms with Gasteiger partial charge < -0.3 is 79.1 Å². The molecule has 4 aliphatic rings. The summed E-state index contributed by atoms with van der Waals surface area (Å²) in [5, 5.41) is 93.7. The molecule has 0 unspecified atom stereocenters. The second kappa shape index (κ2) is 15.9. The van der Waals surface area contributed by atoms with Gasteiger partial charge in [0.25, 0.3) is 0 Å². The van der Waals surface area contributed by atoms with E-state index < -0.39 is 116 Å². The topological polar surface area (TPSA) is 281 Å². The smallest absolute Gasteiger partial charge is 0.343 e. The first-order valence-electron chi connectivity index (χ1n) is 16.6. The molecule has 9 N–H and O–H groups in total. The highest BCUT2D eigenvalue weighted by Crippen LogP contribution is 2.41. The summed E-state index contributed by atoms with van der Waals surface area (Å²) in [6, 6.07) is 7.61. The van der Waals surface area contributed by atoms with Crippen molar-refractivity contribution in [2.45, 2.75) is 74.1 Å². The fourth-order valence-corrected chi connectivity index (χ4v) is 6.71. The first-order chi connectivity index (χ1) is 25.4. The molecule has 0 saturated carbocycles. The molecular formula is C35H40O18. The van der Waals surface area contributed by atoms with Crippen LogP contribution in [0.4, 0.5) is 0 Å². The molecule has 4 heterocycles. The fourth-order valence-electron chi connectivity index (χ4n) is 6.71. The zero-order valence-electron chi connectivity index (χ0n) is 27.9. The summed E-state index contributed by atoms with van der Waals surface area (Å²) in [5.74, 6) is -4.21. The number of esters is 2. The molecule has 18 nitrogen and oxygen atoms in total. The van der Waals surface area contributed by atoms with Crippen LogP contribution in [0.15, 0.2) is 60.9 Å². The van der Waals surface area contributed by atoms with Gasteiger partial charge in [-0.1, -0.05) is 18.2 Å². The Bertz CT molecular complexity index is 1690. The van der Waals surface area contributed by atoms with Crippen LogP contribution >= 0.6 is 0 Å². The van der Waals surface area contributed by atoms with E-state index in [4.69, 9.17) is 33.2 Å². The second-order valence-electron chi connectivity index (χ2n) is 12.9. The number of rotatable bonds is 10. The van der Waals surface area contributed by atoms with Crippen LogP contribution in [0.5, 0.6) is 17.2 Å². The van der Waals surface area contributed by atoms with Crippen LogP contribution in [-0.2, 0) is 33.2 Å². The van der Waals surface area contributed by atoms with Crippen molar-refractivity contribution in [1.29, 1.82) is 0 Å². The highest BCUT2D eigenvalue weighted by atomic mass is 16.8. The van der Waals surface area contributed by atoms with Crippen LogP contribution in [0.25, 0.3) is 11.1 Å². The molecule has 2 aromatic rings. The van der Waals surface area contributed by atoms with Crippen molar-refractivity contribution >= 4 is 11.9 Å². The molecule has 0 radical (unpaired) electrons. The average Bonchev–Trinajstić information content (AvgIpc) is 3.14. The van der Waals surface area contributed by atoms with E-state index in [0.717, 1.165) is 6.07 Å². The lowest BCUT2D eigenvalue weighted by molar-refractivity contribution is -0.338. The zero-order valence-corrected chi connectivity index (χ0v) is 27.9. The Morgan fingerprint density at radius 1 is 0.887 bits per heavy atom. The molecule has 53 heavy (non-hydrogen) atoms. The Morgan fingerprint density at radius 3 is 2.26 bits per heavy atom. The predicted octanol–water partition coefficient (Wildman–Crippen LogP) is -1.47. The Morgan fingerprint density at radius 2 is 1.58 bits per heavy atom. The zero-order chi connectivity index (χ0) is 38.1. The van der Waals surface area contributed by atoms with Gasteiger partial charge in [-0.15, -0.1) is 6.58 Å². The van der Waals surface area contributed by atoms with E-state index in [1.807, 2.05) is 0 Å². The maximum absolute atomic E-state index is 14.0. The van der Waals surface area contributed by atoms with Gasteiger partial charge in [0.15, 0.2) is 6.10 Å². The third kappa shape index (κ3) is 7.56. The quantitative estimate of drug-likeness (QED) is 0.0990. The molecule has 3 fully saturated rings. The van der Waals surface area contributed by atoms with Gasteiger partial charge in [-0.25, -0.2) is 9.59 Å². The number of fused-ring (bicyclic) bond motifs is 1. The van der Waals surface area contributed by atoms with Crippen molar-refractivity contribution in [1.82, 2.24) is 0 Å². The maximum Gasteiger partial charge on any atom is 0.343 e. The van der Waals surface area contributed by atoms with Crippen molar-refractivity contribution < 1.29 is 88.7 Å². The average molecular weight is 749 g/mol. The Labute approximate surface area is 301 Å². The molecule has 0 aliphatic carbocycles. The van der Waals surface area contributed by atoms with Crippen LogP contribution in [0.2, 0.25) is 0 Å². The first-order valence-corrected chi connectivity index (χ1v) is 16.6. The summed E-state index contributed by atoms with van der Waals surface area (Å²) >= 11 is 0. The molecule has 3 saturated heterocycles. The van der Waals surface area contributed by atoms with Crippen LogP contribution < -0.4 is 4.74 Å². The predicted molar refractivity (Wildman–Crippen MR) is 173 cm³/mol. The number of cyclic esters (lactones) is 1. The Hall–Kier alpha value is -4.34. The molecule has 6 rings (SSSR count). The minimum atomic E-state index is -1.92. The lowest BCUT2D eigenvalue weighted by Gasteiger charge is -2.44. The molecule has 2 aromatic carbocycles.